The van der Waals surface area contributed by atoms with Crippen molar-refractivity contribution in [1.82, 2.24) is 15.0 Å². The van der Waals surface area contributed by atoms with Crippen molar-refractivity contribution in [2.45, 2.75) is 13.2 Å². The molecule has 0 aliphatic heterocycles. The van der Waals surface area contributed by atoms with E-state index >= 15 is 0 Å². The molecule has 3 aromatic heterocycles. The van der Waals surface area contributed by atoms with E-state index in [2.05, 4.69) is 20.3 Å². The number of methoxy groups -OCH3 is 1. The molecule has 0 aromatic carbocycles. The minimum atomic E-state index is 0.185. The first-order valence-corrected chi connectivity index (χ1v) is 6.44. The molecular formula is C13H13ClN4O2. The average molecular weight is 293 g/mol. The Labute approximate surface area is 120 Å². The number of aromatic amines is 1. The highest BCUT2D eigenvalue weighted by molar-refractivity contribution is 6.28. The molecule has 0 fully saturated rings. The quantitative estimate of drug-likeness (QED) is 0.707. The predicted molar refractivity (Wildman–Crippen MR) is 75.6 cm³/mol. The van der Waals surface area contributed by atoms with Crippen LogP contribution in [-0.4, -0.2) is 22.1 Å². The van der Waals surface area contributed by atoms with Gasteiger partial charge in [0.2, 0.25) is 5.28 Å². The lowest BCUT2D eigenvalue weighted by Gasteiger charge is -2.04. The molecular weight excluding hydrogens is 280 g/mol. The molecule has 0 radical (unpaired) electrons. The summed E-state index contributed by atoms with van der Waals surface area (Å²) in [6, 6.07) is 5.67. The van der Waals surface area contributed by atoms with Gasteiger partial charge in [-0.3, -0.25) is 0 Å². The maximum Gasteiger partial charge on any atom is 0.226 e. The number of halogens is 1. The number of aromatic nitrogens is 3. The van der Waals surface area contributed by atoms with Crippen LogP contribution >= 0.6 is 11.6 Å². The zero-order valence-electron chi connectivity index (χ0n) is 10.8. The van der Waals surface area contributed by atoms with Crippen LogP contribution in [0.3, 0.4) is 0 Å². The Hall–Kier alpha value is -2.05. The lowest BCUT2D eigenvalue weighted by atomic mass is 10.3. The van der Waals surface area contributed by atoms with Gasteiger partial charge in [-0.15, -0.1) is 0 Å². The van der Waals surface area contributed by atoms with E-state index in [0.29, 0.717) is 24.6 Å². The van der Waals surface area contributed by atoms with Crippen molar-refractivity contribution >= 4 is 28.5 Å². The molecule has 0 aliphatic carbocycles. The molecule has 6 nitrogen and oxygen atoms in total. The van der Waals surface area contributed by atoms with Crippen LogP contribution in [0.4, 0.5) is 5.82 Å². The third-order valence-corrected chi connectivity index (χ3v) is 2.99. The van der Waals surface area contributed by atoms with Gasteiger partial charge in [-0.25, -0.2) is 4.98 Å². The third-order valence-electron chi connectivity index (χ3n) is 2.83. The molecule has 7 heteroatoms. The Bertz CT molecular complexity index is 709. The van der Waals surface area contributed by atoms with Crippen LogP contribution in [-0.2, 0) is 17.9 Å². The Morgan fingerprint density at radius 3 is 3.10 bits per heavy atom. The van der Waals surface area contributed by atoms with E-state index in [-0.39, 0.29) is 5.28 Å². The Morgan fingerprint density at radius 2 is 2.35 bits per heavy atom. The highest BCUT2D eigenvalue weighted by atomic mass is 35.5. The van der Waals surface area contributed by atoms with E-state index in [0.717, 1.165) is 16.8 Å². The first kappa shape index (κ1) is 13.0. The summed E-state index contributed by atoms with van der Waals surface area (Å²) >= 11 is 5.93. The fourth-order valence-electron chi connectivity index (χ4n) is 1.99. The molecule has 0 saturated carbocycles. The molecule has 3 aromatic rings. The first-order chi connectivity index (χ1) is 9.76. The fraction of sp³-hybridized carbons (Fsp3) is 0.231. The number of nitrogens with zero attached hydrogens (tertiary/aromatic N) is 2. The number of rotatable bonds is 5. The van der Waals surface area contributed by atoms with Gasteiger partial charge >= 0.3 is 0 Å². The molecule has 0 unspecified atom stereocenters. The van der Waals surface area contributed by atoms with Gasteiger partial charge in [0.15, 0.2) is 0 Å². The van der Waals surface area contributed by atoms with E-state index in [9.17, 15) is 0 Å². The fourth-order valence-corrected chi connectivity index (χ4v) is 2.16. The van der Waals surface area contributed by atoms with Crippen LogP contribution in [0.5, 0.6) is 0 Å². The van der Waals surface area contributed by atoms with E-state index in [1.165, 1.54) is 0 Å². The Balaban J connectivity index is 1.91. The second-order valence-electron chi connectivity index (χ2n) is 4.26. The zero-order chi connectivity index (χ0) is 13.9. The standard InChI is InChI=1S/C13H13ClN4O2/c1-19-7-8-5-10-11(15-6-9-3-2-4-20-9)17-13(14)18-12(10)16-8/h2-5H,6-7H2,1H3,(H2,15,16,17,18). The van der Waals surface area contributed by atoms with Gasteiger partial charge in [0.25, 0.3) is 0 Å². The lowest BCUT2D eigenvalue weighted by molar-refractivity contribution is 0.182. The van der Waals surface area contributed by atoms with Crippen molar-refractivity contribution in [1.29, 1.82) is 0 Å². The highest BCUT2D eigenvalue weighted by Crippen LogP contribution is 2.24. The topological polar surface area (TPSA) is 76.0 Å². The van der Waals surface area contributed by atoms with Crippen LogP contribution in [0.25, 0.3) is 11.0 Å². The van der Waals surface area contributed by atoms with Crippen LogP contribution in [0.1, 0.15) is 11.5 Å². The van der Waals surface area contributed by atoms with Crippen molar-refractivity contribution in [3.63, 3.8) is 0 Å². The molecule has 3 rings (SSSR count). The number of H-pyrrole nitrogens is 1. The number of hydrogen-bond acceptors (Lipinski definition) is 5. The molecule has 20 heavy (non-hydrogen) atoms. The van der Waals surface area contributed by atoms with E-state index in [4.69, 9.17) is 20.8 Å². The van der Waals surface area contributed by atoms with E-state index in [1.54, 1.807) is 13.4 Å². The van der Waals surface area contributed by atoms with E-state index in [1.807, 2.05) is 18.2 Å². The number of nitrogens with one attached hydrogen (secondary N) is 2. The lowest BCUT2D eigenvalue weighted by Crippen LogP contribution is -2.01. The van der Waals surface area contributed by atoms with Gasteiger partial charge in [0.05, 0.1) is 24.8 Å². The zero-order valence-corrected chi connectivity index (χ0v) is 11.6. The molecule has 0 saturated heterocycles. The van der Waals surface area contributed by atoms with Crippen LogP contribution in [0, 0.1) is 0 Å². The van der Waals surface area contributed by atoms with Crippen molar-refractivity contribution < 1.29 is 9.15 Å². The summed E-state index contributed by atoms with van der Waals surface area (Å²) in [5, 5.41) is 4.25. The van der Waals surface area contributed by atoms with Gasteiger partial charge in [0.1, 0.15) is 17.2 Å². The summed E-state index contributed by atoms with van der Waals surface area (Å²) in [6.07, 6.45) is 1.63. The molecule has 0 spiro atoms. The summed E-state index contributed by atoms with van der Waals surface area (Å²) in [6.45, 7) is 1.01. The molecule has 0 amide bonds. The normalized spacial score (nSPS) is 11.1. The van der Waals surface area contributed by atoms with Gasteiger partial charge in [-0.05, 0) is 29.8 Å². The maximum absolute atomic E-state index is 5.93. The molecule has 0 aliphatic rings. The van der Waals surface area contributed by atoms with Crippen molar-refractivity contribution in [2.24, 2.45) is 0 Å². The van der Waals surface area contributed by atoms with Gasteiger partial charge in [-0.1, -0.05) is 0 Å². The molecule has 0 bridgehead atoms. The molecule has 0 atom stereocenters. The van der Waals surface area contributed by atoms with Crippen molar-refractivity contribution in [3.8, 4) is 0 Å². The minimum absolute atomic E-state index is 0.185. The summed E-state index contributed by atoms with van der Waals surface area (Å²) in [5.74, 6) is 1.48. The molecule has 104 valence electrons. The Kier molecular flexibility index (Phi) is 3.58. The monoisotopic (exact) mass is 292 g/mol. The first-order valence-electron chi connectivity index (χ1n) is 6.06. The van der Waals surface area contributed by atoms with Gasteiger partial charge < -0.3 is 19.5 Å². The smallest absolute Gasteiger partial charge is 0.226 e. The average Bonchev–Trinajstić information content (AvgIpc) is 3.05. The third kappa shape index (κ3) is 2.61. The summed E-state index contributed by atoms with van der Waals surface area (Å²) < 4.78 is 10.4. The predicted octanol–water partition coefficient (Wildman–Crippen LogP) is 2.96. The van der Waals surface area contributed by atoms with Gasteiger partial charge in [0, 0.05) is 12.8 Å². The highest BCUT2D eigenvalue weighted by Gasteiger charge is 2.10. The minimum Gasteiger partial charge on any atom is -0.467 e. The summed E-state index contributed by atoms with van der Waals surface area (Å²) in [5.41, 5.74) is 1.60. The van der Waals surface area contributed by atoms with Crippen LogP contribution < -0.4 is 5.32 Å². The van der Waals surface area contributed by atoms with Crippen molar-refractivity contribution in [3.05, 3.63) is 41.2 Å². The molecule has 2 N–H and O–H groups in total. The Morgan fingerprint density at radius 1 is 1.45 bits per heavy atom. The van der Waals surface area contributed by atoms with E-state index < -0.39 is 0 Å². The second-order valence-corrected chi connectivity index (χ2v) is 4.60. The maximum atomic E-state index is 5.93. The number of ether oxygens (including phenoxy) is 1. The number of fused-ring (bicyclic) bond motifs is 1. The number of furan rings is 1. The van der Waals surface area contributed by atoms with Crippen LogP contribution in [0.15, 0.2) is 28.9 Å². The second kappa shape index (κ2) is 5.52. The number of anilines is 1. The van der Waals surface area contributed by atoms with Gasteiger partial charge in [-0.2, -0.15) is 4.98 Å². The largest absolute Gasteiger partial charge is 0.467 e. The molecule has 3 heterocycles. The van der Waals surface area contributed by atoms with Crippen molar-refractivity contribution in [2.75, 3.05) is 12.4 Å². The summed E-state index contributed by atoms with van der Waals surface area (Å²) in [4.78, 5) is 11.5. The SMILES string of the molecule is COCc1cc2c(NCc3ccco3)nc(Cl)nc2[nH]1. The summed E-state index contributed by atoms with van der Waals surface area (Å²) in [7, 11) is 1.64. The van der Waals surface area contributed by atoms with Crippen LogP contribution in [0.2, 0.25) is 5.28 Å². The number of hydrogen-bond donors (Lipinski definition) is 2.